The number of aliphatic imine (C=N–C) groups is 1. The Labute approximate surface area is 79.5 Å². The maximum Gasteiger partial charge on any atom is 0.0936 e. The number of aryl methyl sites for hydroxylation is 2. The van der Waals surface area contributed by atoms with Gasteiger partial charge in [-0.05, 0) is 18.9 Å². The third-order valence-electron chi connectivity index (χ3n) is 2.08. The monoisotopic (exact) mass is 176 g/mol. The van der Waals surface area contributed by atoms with Crippen LogP contribution in [-0.2, 0) is 6.42 Å². The second-order valence-corrected chi connectivity index (χ2v) is 3.20. The van der Waals surface area contributed by atoms with Gasteiger partial charge in [-0.3, -0.25) is 4.99 Å². The highest BCUT2D eigenvalue weighted by atomic mass is 14.8. The molecular formula is C11H16N2. The van der Waals surface area contributed by atoms with Crippen molar-refractivity contribution in [1.29, 1.82) is 0 Å². The Morgan fingerprint density at radius 3 is 2.46 bits per heavy atom. The van der Waals surface area contributed by atoms with Crippen molar-refractivity contribution in [3.8, 4) is 0 Å². The predicted octanol–water partition coefficient (Wildman–Crippen LogP) is 1.91. The Morgan fingerprint density at radius 1 is 1.31 bits per heavy atom. The van der Waals surface area contributed by atoms with Gasteiger partial charge < -0.3 is 5.73 Å². The average Bonchev–Trinajstić information content (AvgIpc) is 2.16. The molecule has 0 aliphatic heterocycles. The fraction of sp³-hybridized carbons (Fsp3) is 0.364. The van der Waals surface area contributed by atoms with Crippen LogP contribution in [0.1, 0.15) is 17.5 Å². The lowest BCUT2D eigenvalue weighted by Crippen LogP contribution is -2.12. The number of amidine groups is 1. The molecule has 0 aliphatic rings. The first-order chi connectivity index (χ1) is 6.22. The van der Waals surface area contributed by atoms with Crippen molar-refractivity contribution in [2.75, 3.05) is 7.05 Å². The van der Waals surface area contributed by atoms with Crippen LogP contribution in [0.5, 0.6) is 0 Å². The van der Waals surface area contributed by atoms with E-state index in [0.717, 1.165) is 18.7 Å². The van der Waals surface area contributed by atoms with Crippen molar-refractivity contribution in [3.63, 3.8) is 0 Å². The molecule has 2 nitrogen and oxygen atoms in total. The van der Waals surface area contributed by atoms with Crippen LogP contribution in [0.15, 0.2) is 29.3 Å². The minimum absolute atomic E-state index is 0.723. The SMILES string of the molecule is CN=C(N)CCc1ccc(C)cc1. The zero-order valence-electron chi connectivity index (χ0n) is 8.25. The van der Waals surface area contributed by atoms with E-state index in [1.54, 1.807) is 7.05 Å². The number of hydrogen-bond acceptors (Lipinski definition) is 1. The van der Waals surface area contributed by atoms with Gasteiger partial charge >= 0.3 is 0 Å². The minimum atomic E-state index is 0.723. The van der Waals surface area contributed by atoms with Gasteiger partial charge in [-0.25, -0.2) is 0 Å². The molecule has 1 aromatic rings. The Kier molecular flexibility index (Phi) is 3.50. The quantitative estimate of drug-likeness (QED) is 0.554. The molecule has 0 radical (unpaired) electrons. The zero-order chi connectivity index (χ0) is 9.68. The van der Waals surface area contributed by atoms with Crippen LogP contribution < -0.4 is 5.73 Å². The van der Waals surface area contributed by atoms with E-state index in [4.69, 9.17) is 5.73 Å². The molecule has 2 heteroatoms. The van der Waals surface area contributed by atoms with Crippen molar-refractivity contribution in [1.82, 2.24) is 0 Å². The van der Waals surface area contributed by atoms with Crippen LogP contribution in [0, 0.1) is 6.92 Å². The number of nitrogens with zero attached hydrogens (tertiary/aromatic N) is 1. The highest BCUT2D eigenvalue weighted by Crippen LogP contribution is 2.05. The van der Waals surface area contributed by atoms with Crippen molar-refractivity contribution < 1.29 is 0 Å². The number of nitrogens with two attached hydrogens (primary N) is 1. The van der Waals surface area contributed by atoms with Gasteiger partial charge in [0.25, 0.3) is 0 Å². The molecular weight excluding hydrogens is 160 g/mol. The highest BCUT2D eigenvalue weighted by molar-refractivity contribution is 5.80. The lowest BCUT2D eigenvalue weighted by Gasteiger charge is -2.01. The molecule has 0 saturated heterocycles. The Balaban J connectivity index is 2.51. The van der Waals surface area contributed by atoms with Crippen molar-refractivity contribution in [2.24, 2.45) is 10.7 Å². The van der Waals surface area contributed by atoms with Gasteiger partial charge in [0.2, 0.25) is 0 Å². The summed E-state index contributed by atoms with van der Waals surface area (Å²) in [5, 5.41) is 0. The molecule has 0 saturated carbocycles. The Hall–Kier alpha value is -1.31. The average molecular weight is 176 g/mol. The summed E-state index contributed by atoms with van der Waals surface area (Å²) in [6.07, 6.45) is 1.82. The van der Waals surface area contributed by atoms with Crippen LogP contribution >= 0.6 is 0 Å². The number of benzene rings is 1. The summed E-state index contributed by atoms with van der Waals surface area (Å²) >= 11 is 0. The van der Waals surface area contributed by atoms with Crippen LogP contribution in [0.2, 0.25) is 0 Å². The third kappa shape index (κ3) is 3.28. The summed E-state index contributed by atoms with van der Waals surface area (Å²) in [5.74, 6) is 0.723. The fourth-order valence-corrected chi connectivity index (χ4v) is 1.14. The van der Waals surface area contributed by atoms with Crippen molar-refractivity contribution in [3.05, 3.63) is 35.4 Å². The van der Waals surface area contributed by atoms with Gasteiger partial charge in [-0.2, -0.15) is 0 Å². The van der Waals surface area contributed by atoms with E-state index in [1.165, 1.54) is 11.1 Å². The third-order valence-corrected chi connectivity index (χ3v) is 2.08. The Morgan fingerprint density at radius 2 is 1.92 bits per heavy atom. The summed E-state index contributed by atoms with van der Waals surface area (Å²) < 4.78 is 0. The lowest BCUT2D eigenvalue weighted by molar-refractivity contribution is 1.02. The molecule has 70 valence electrons. The second-order valence-electron chi connectivity index (χ2n) is 3.20. The minimum Gasteiger partial charge on any atom is -0.387 e. The summed E-state index contributed by atoms with van der Waals surface area (Å²) in [6, 6.07) is 8.51. The van der Waals surface area contributed by atoms with E-state index in [-0.39, 0.29) is 0 Å². The van der Waals surface area contributed by atoms with Gasteiger partial charge in [0.05, 0.1) is 5.84 Å². The molecule has 0 bridgehead atoms. The molecule has 0 heterocycles. The molecule has 0 aromatic heterocycles. The van der Waals surface area contributed by atoms with Gasteiger partial charge in [-0.15, -0.1) is 0 Å². The van der Waals surface area contributed by atoms with E-state index in [1.807, 2.05) is 0 Å². The first kappa shape index (κ1) is 9.78. The molecule has 0 fully saturated rings. The van der Waals surface area contributed by atoms with E-state index in [0.29, 0.717) is 0 Å². The summed E-state index contributed by atoms with van der Waals surface area (Å²) in [6.45, 7) is 2.09. The molecule has 0 spiro atoms. The van der Waals surface area contributed by atoms with E-state index < -0.39 is 0 Å². The first-order valence-corrected chi connectivity index (χ1v) is 4.49. The fourth-order valence-electron chi connectivity index (χ4n) is 1.14. The van der Waals surface area contributed by atoms with Gasteiger partial charge in [-0.1, -0.05) is 29.8 Å². The van der Waals surface area contributed by atoms with Crippen LogP contribution in [0.25, 0.3) is 0 Å². The van der Waals surface area contributed by atoms with Gasteiger partial charge in [0.15, 0.2) is 0 Å². The molecule has 0 unspecified atom stereocenters. The standard InChI is InChI=1S/C11H16N2/c1-9-3-5-10(6-4-9)7-8-11(12)13-2/h3-6H,7-8H2,1-2H3,(H2,12,13). The molecule has 1 rings (SSSR count). The van der Waals surface area contributed by atoms with Crippen LogP contribution in [0.4, 0.5) is 0 Å². The largest absolute Gasteiger partial charge is 0.387 e. The molecule has 2 N–H and O–H groups in total. The summed E-state index contributed by atoms with van der Waals surface area (Å²) in [4.78, 5) is 3.92. The summed E-state index contributed by atoms with van der Waals surface area (Å²) in [7, 11) is 1.73. The number of rotatable bonds is 3. The first-order valence-electron chi connectivity index (χ1n) is 4.49. The van der Waals surface area contributed by atoms with Crippen molar-refractivity contribution in [2.45, 2.75) is 19.8 Å². The normalized spacial score (nSPS) is 11.7. The van der Waals surface area contributed by atoms with Crippen molar-refractivity contribution >= 4 is 5.84 Å². The molecule has 1 aromatic carbocycles. The van der Waals surface area contributed by atoms with E-state index >= 15 is 0 Å². The smallest absolute Gasteiger partial charge is 0.0936 e. The van der Waals surface area contributed by atoms with E-state index in [9.17, 15) is 0 Å². The maximum atomic E-state index is 5.60. The van der Waals surface area contributed by atoms with Gasteiger partial charge in [0, 0.05) is 13.5 Å². The van der Waals surface area contributed by atoms with Crippen LogP contribution in [0.3, 0.4) is 0 Å². The van der Waals surface area contributed by atoms with E-state index in [2.05, 4.69) is 36.2 Å². The second kappa shape index (κ2) is 4.65. The lowest BCUT2D eigenvalue weighted by atomic mass is 10.1. The molecule has 13 heavy (non-hydrogen) atoms. The van der Waals surface area contributed by atoms with Crippen LogP contribution in [-0.4, -0.2) is 12.9 Å². The van der Waals surface area contributed by atoms with Gasteiger partial charge in [0.1, 0.15) is 0 Å². The Bertz CT molecular complexity index is 285. The zero-order valence-corrected chi connectivity index (χ0v) is 8.25. The predicted molar refractivity (Wildman–Crippen MR) is 57.0 cm³/mol. The number of hydrogen-bond donors (Lipinski definition) is 1. The molecule has 0 aliphatic carbocycles. The maximum absolute atomic E-state index is 5.60. The molecule has 0 atom stereocenters. The highest BCUT2D eigenvalue weighted by Gasteiger charge is 1.94. The summed E-state index contributed by atoms with van der Waals surface area (Å²) in [5.41, 5.74) is 8.21. The topological polar surface area (TPSA) is 38.4 Å². The molecule has 0 amide bonds.